The van der Waals surface area contributed by atoms with Crippen molar-refractivity contribution in [3.05, 3.63) is 102 Å². The minimum atomic E-state index is -3.75. The number of fused-ring (bicyclic) bond motifs is 1. The van der Waals surface area contributed by atoms with E-state index in [2.05, 4.69) is 9.88 Å². The van der Waals surface area contributed by atoms with E-state index in [4.69, 9.17) is 21.3 Å². The van der Waals surface area contributed by atoms with Gasteiger partial charge in [0.15, 0.2) is 5.65 Å². The number of piperazine rings is 1. The summed E-state index contributed by atoms with van der Waals surface area (Å²) in [5.74, 6) is 0.265. The Balaban J connectivity index is 1.31. The molecule has 9 nitrogen and oxygen atoms in total. The third-order valence-corrected chi connectivity index (χ3v) is 9.42. The summed E-state index contributed by atoms with van der Waals surface area (Å²) in [6, 6.07) is 23.5. The molecule has 3 heterocycles. The molecule has 2 aromatic heterocycles. The fourth-order valence-corrected chi connectivity index (χ4v) is 6.82. The topological polar surface area (TPSA) is 97.6 Å². The molecule has 0 saturated carbocycles. The highest BCUT2D eigenvalue weighted by Crippen LogP contribution is 2.37. The number of rotatable bonds is 7. The highest BCUT2D eigenvalue weighted by Gasteiger charge is 2.31. The van der Waals surface area contributed by atoms with Crippen molar-refractivity contribution in [1.82, 2.24) is 18.8 Å². The molecule has 214 valence electrons. The van der Waals surface area contributed by atoms with Crippen molar-refractivity contribution < 1.29 is 17.9 Å². The molecule has 0 unspecified atom stereocenters. The van der Waals surface area contributed by atoms with Crippen molar-refractivity contribution in [2.24, 2.45) is 0 Å². The first kappa shape index (κ1) is 27.9. The van der Waals surface area contributed by atoms with Gasteiger partial charge in [0.2, 0.25) is 10.0 Å². The van der Waals surface area contributed by atoms with Crippen molar-refractivity contribution in [3.8, 4) is 16.8 Å². The van der Waals surface area contributed by atoms with E-state index >= 15 is 0 Å². The summed E-state index contributed by atoms with van der Waals surface area (Å²) < 4.78 is 35.3. The molecule has 1 saturated heterocycles. The Hall–Kier alpha value is -4.25. The largest absolute Gasteiger partial charge is 0.462 e. The molecule has 3 aromatic carbocycles. The Labute approximate surface area is 249 Å². The zero-order chi connectivity index (χ0) is 29.3. The van der Waals surface area contributed by atoms with Crippen molar-refractivity contribution >= 4 is 44.4 Å². The summed E-state index contributed by atoms with van der Waals surface area (Å²) in [6.07, 6.45) is 3.59. The van der Waals surface area contributed by atoms with Gasteiger partial charge in [-0.1, -0.05) is 48.0 Å². The Bertz CT molecular complexity index is 1850. The first-order chi connectivity index (χ1) is 20.4. The van der Waals surface area contributed by atoms with Crippen LogP contribution < -0.4 is 4.90 Å². The molecule has 1 aliphatic heterocycles. The van der Waals surface area contributed by atoms with Crippen LogP contribution in [0.3, 0.4) is 0 Å². The number of esters is 1. The van der Waals surface area contributed by atoms with Crippen LogP contribution in [-0.2, 0) is 14.8 Å². The first-order valence-electron chi connectivity index (χ1n) is 13.6. The van der Waals surface area contributed by atoms with Crippen LogP contribution in [0.2, 0.25) is 5.02 Å². The molecule has 5 aromatic rings. The number of halogens is 1. The molecule has 1 aliphatic rings. The molecule has 42 heavy (non-hydrogen) atoms. The molecule has 0 N–H and O–H groups in total. The number of benzene rings is 3. The number of carbonyl (C=O) groups is 1. The molecule has 0 aliphatic carbocycles. The second-order valence-electron chi connectivity index (χ2n) is 9.79. The van der Waals surface area contributed by atoms with E-state index in [0.29, 0.717) is 23.7 Å². The lowest BCUT2D eigenvalue weighted by molar-refractivity contribution is 0.0526. The standard InChI is InChI=1S/C31H28ClN5O4S/c1-2-41-31(38)23-11-13-26(14-12-23)42(39,40)36-17-15-35(16-18-36)29-28-27(22-7-4-3-5-8-22)20-37(30(28)34-21-33-29)25-10-6-9-24(32)19-25/h3-14,19-21H,2,15-18H2,1H3. The van der Waals surface area contributed by atoms with E-state index in [9.17, 15) is 13.2 Å². The number of sulfonamides is 1. The Morgan fingerprint density at radius 2 is 1.67 bits per heavy atom. The lowest BCUT2D eigenvalue weighted by Gasteiger charge is -2.35. The maximum Gasteiger partial charge on any atom is 0.338 e. The van der Waals surface area contributed by atoms with Crippen molar-refractivity contribution in [1.29, 1.82) is 0 Å². The lowest BCUT2D eigenvalue weighted by Crippen LogP contribution is -2.49. The first-order valence-corrected chi connectivity index (χ1v) is 15.4. The molecule has 11 heteroatoms. The third kappa shape index (κ3) is 5.24. The normalized spacial score (nSPS) is 14.3. The molecule has 0 atom stereocenters. The predicted octanol–water partition coefficient (Wildman–Crippen LogP) is 5.43. The second kappa shape index (κ2) is 11.6. The molecule has 1 fully saturated rings. The average Bonchev–Trinajstić information content (AvgIpc) is 3.42. The summed E-state index contributed by atoms with van der Waals surface area (Å²) in [6.45, 7) is 3.43. The monoisotopic (exact) mass is 601 g/mol. The van der Waals surface area contributed by atoms with Gasteiger partial charge < -0.3 is 14.2 Å². The Kier molecular flexibility index (Phi) is 7.68. The van der Waals surface area contributed by atoms with Gasteiger partial charge in [-0.25, -0.2) is 23.2 Å². The zero-order valence-corrected chi connectivity index (χ0v) is 24.4. The quantitative estimate of drug-likeness (QED) is 0.230. The number of anilines is 1. The molecule has 0 spiro atoms. The van der Waals surface area contributed by atoms with Crippen LogP contribution in [0.25, 0.3) is 27.8 Å². The van der Waals surface area contributed by atoms with Crippen LogP contribution in [0, 0.1) is 0 Å². The van der Waals surface area contributed by atoms with E-state index in [1.165, 1.54) is 28.6 Å². The van der Waals surface area contributed by atoms with Crippen molar-refractivity contribution in [3.63, 3.8) is 0 Å². The maximum atomic E-state index is 13.4. The van der Waals surface area contributed by atoms with E-state index in [0.717, 1.165) is 33.7 Å². The fourth-order valence-electron chi connectivity index (χ4n) is 5.21. The molecule has 0 radical (unpaired) electrons. The van der Waals surface area contributed by atoms with Gasteiger partial charge in [-0.15, -0.1) is 0 Å². The SMILES string of the molecule is CCOC(=O)c1ccc(S(=O)(=O)N2CCN(c3ncnc4c3c(-c3ccccc3)cn4-c3cccc(Cl)c3)CC2)cc1. The number of nitrogens with zero attached hydrogens (tertiary/aromatic N) is 5. The highest BCUT2D eigenvalue weighted by molar-refractivity contribution is 7.89. The molecule has 0 bridgehead atoms. The van der Waals surface area contributed by atoms with Gasteiger partial charge in [-0.2, -0.15) is 4.31 Å². The van der Waals surface area contributed by atoms with Crippen molar-refractivity contribution in [2.75, 3.05) is 37.7 Å². The molecule has 6 rings (SSSR count). The smallest absolute Gasteiger partial charge is 0.338 e. The van der Waals surface area contributed by atoms with Crippen LogP contribution in [0.4, 0.5) is 5.82 Å². The maximum absolute atomic E-state index is 13.4. The minimum Gasteiger partial charge on any atom is -0.462 e. The number of ether oxygens (including phenoxy) is 1. The van der Waals surface area contributed by atoms with Crippen molar-refractivity contribution in [2.45, 2.75) is 11.8 Å². The Morgan fingerprint density at radius 3 is 2.36 bits per heavy atom. The lowest BCUT2D eigenvalue weighted by atomic mass is 10.1. The average molecular weight is 602 g/mol. The van der Waals surface area contributed by atoms with Crippen LogP contribution in [0.1, 0.15) is 17.3 Å². The van der Waals surface area contributed by atoms with Crippen LogP contribution in [0.5, 0.6) is 0 Å². The van der Waals surface area contributed by atoms with Gasteiger partial charge in [-0.05, 0) is 55.0 Å². The molecular weight excluding hydrogens is 574 g/mol. The fraction of sp³-hybridized carbons (Fsp3) is 0.194. The predicted molar refractivity (Wildman–Crippen MR) is 163 cm³/mol. The van der Waals surface area contributed by atoms with Crippen LogP contribution >= 0.6 is 11.6 Å². The van der Waals surface area contributed by atoms with Gasteiger partial charge in [0, 0.05) is 48.6 Å². The van der Waals surface area contributed by atoms with E-state index in [-0.39, 0.29) is 24.6 Å². The van der Waals surface area contributed by atoms with Crippen LogP contribution in [-0.4, -0.2) is 66.0 Å². The van der Waals surface area contributed by atoms with Gasteiger partial charge in [0.1, 0.15) is 12.1 Å². The molecule has 0 amide bonds. The highest BCUT2D eigenvalue weighted by atomic mass is 35.5. The summed E-state index contributed by atoms with van der Waals surface area (Å²) in [5, 5.41) is 1.51. The summed E-state index contributed by atoms with van der Waals surface area (Å²) in [7, 11) is -3.75. The van der Waals surface area contributed by atoms with E-state index in [1.54, 1.807) is 13.3 Å². The Morgan fingerprint density at radius 1 is 0.929 bits per heavy atom. The van der Waals surface area contributed by atoms with Gasteiger partial charge in [0.05, 0.1) is 22.5 Å². The number of carbonyl (C=O) groups excluding carboxylic acids is 1. The van der Waals surface area contributed by atoms with Gasteiger partial charge in [-0.3, -0.25) is 0 Å². The molecular formula is C31H28ClN5O4S. The minimum absolute atomic E-state index is 0.137. The van der Waals surface area contributed by atoms with Gasteiger partial charge >= 0.3 is 5.97 Å². The number of hydrogen-bond donors (Lipinski definition) is 0. The number of aromatic nitrogens is 3. The van der Waals surface area contributed by atoms with Crippen LogP contribution in [0.15, 0.2) is 96.3 Å². The van der Waals surface area contributed by atoms with E-state index < -0.39 is 16.0 Å². The summed E-state index contributed by atoms with van der Waals surface area (Å²) >= 11 is 6.32. The van der Waals surface area contributed by atoms with Gasteiger partial charge in [0.25, 0.3) is 0 Å². The summed E-state index contributed by atoms with van der Waals surface area (Å²) in [5.41, 5.74) is 3.92. The number of hydrogen-bond acceptors (Lipinski definition) is 7. The summed E-state index contributed by atoms with van der Waals surface area (Å²) in [4.78, 5) is 23.6. The second-order valence-corrected chi connectivity index (χ2v) is 12.2. The van der Waals surface area contributed by atoms with E-state index in [1.807, 2.05) is 65.4 Å². The third-order valence-electron chi connectivity index (χ3n) is 7.28. The zero-order valence-electron chi connectivity index (χ0n) is 22.9.